The van der Waals surface area contributed by atoms with Crippen molar-refractivity contribution in [1.29, 1.82) is 0 Å². The van der Waals surface area contributed by atoms with Gasteiger partial charge in [0, 0.05) is 43.6 Å². The minimum atomic E-state index is -0.150. The standard InChI is InChI=1S/C25H27BrN6O2/c1-15-11-17(26)7-8-20(15)32-24(33)18(16(2)28-32)14-27-19-12-22-23(30(4)25(34)29(22)3)13-21(19)31-9-5-6-10-31/h7-8,11-14,28H,5-6,9-10H2,1-4H3. The minimum absolute atomic E-state index is 0.0715. The summed E-state index contributed by atoms with van der Waals surface area (Å²) in [4.78, 5) is 32.9. The van der Waals surface area contributed by atoms with Gasteiger partial charge in [-0.25, -0.2) is 9.48 Å². The Bertz CT molecular complexity index is 1560. The third-order valence-electron chi connectivity index (χ3n) is 6.66. The number of nitrogens with one attached hydrogen (secondary N) is 1. The topological polar surface area (TPSA) is 80.3 Å². The van der Waals surface area contributed by atoms with E-state index in [1.54, 1.807) is 34.1 Å². The monoisotopic (exact) mass is 522 g/mol. The molecule has 5 rings (SSSR count). The number of aryl methyl sites for hydroxylation is 4. The number of aromatic nitrogens is 4. The van der Waals surface area contributed by atoms with Crippen LogP contribution >= 0.6 is 15.9 Å². The predicted octanol–water partition coefficient (Wildman–Crippen LogP) is 4.09. The summed E-state index contributed by atoms with van der Waals surface area (Å²) in [6.07, 6.45) is 3.90. The summed E-state index contributed by atoms with van der Waals surface area (Å²) < 4.78 is 5.82. The summed E-state index contributed by atoms with van der Waals surface area (Å²) in [5.74, 6) is 0. The van der Waals surface area contributed by atoms with Crippen molar-refractivity contribution in [1.82, 2.24) is 18.9 Å². The van der Waals surface area contributed by atoms with Crippen molar-refractivity contribution in [2.75, 3.05) is 18.0 Å². The van der Waals surface area contributed by atoms with E-state index in [4.69, 9.17) is 4.99 Å². The molecule has 2 aromatic heterocycles. The molecule has 1 aliphatic rings. The Labute approximate surface area is 205 Å². The van der Waals surface area contributed by atoms with Crippen LogP contribution < -0.4 is 16.1 Å². The first-order chi connectivity index (χ1) is 16.3. The highest BCUT2D eigenvalue weighted by atomic mass is 79.9. The summed E-state index contributed by atoms with van der Waals surface area (Å²) in [5.41, 5.74) is 6.24. The number of aromatic amines is 1. The molecule has 0 spiro atoms. The lowest BCUT2D eigenvalue weighted by Gasteiger charge is -2.20. The van der Waals surface area contributed by atoms with Gasteiger partial charge in [0.05, 0.1) is 33.7 Å². The summed E-state index contributed by atoms with van der Waals surface area (Å²) >= 11 is 3.47. The van der Waals surface area contributed by atoms with Gasteiger partial charge in [-0.3, -0.25) is 24.0 Å². The van der Waals surface area contributed by atoms with Gasteiger partial charge >= 0.3 is 5.69 Å². The molecular weight excluding hydrogens is 496 g/mol. The van der Waals surface area contributed by atoms with Crippen molar-refractivity contribution in [3.8, 4) is 5.69 Å². The number of imidazole rings is 1. The quantitative estimate of drug-likeness (QED) is 0.410. The molecule has 0 amide bonds. The second-order valence-electron chi connectivity index (χ2n) is 8.90. The van der Waals surface area contributed by atoms with E-state index in [1.165, 1.54) is 0 Å². The molecule has 0 bridgehead atoms. The van der Waals surface area contributed by atoms with Crippen molar-refractivity contribution in [3.05, 3.63) is 72.5 Å². The Kier molecular flexibility index (Phi) is 5.59. The summed E-state index contributed by atoms with van der Waals surface area (Å²) in [5, 5.41) is 3.18. The molecule has 9 heteroatoms. The van der Waals surface area contributed by atoms with Crippen LogP contribution in [0.15, 0.2) is 49.4 Å². The van der Waals surface area contributed by atoms with Gasteiger partial charge in [-0.15, -0.1) is 0 Å². The van der Waals surface area contributed by atoms with Gasteiger partial charge in [-0.2, -0.15) is 0 Å². The van der Waals surface area contributed by atoms with Gasteiger partial charge in [0.2, 0.25) is 0 Å². The number of fused-ring (bicyclic) bond motifs is 1. The van der Waals surface area contributed by atoms with E-state index in [-0.39, 0.29) is 11.2 Å². The molecule has 2 aromatic carbocycles. The Morgan fingerprint density at radius 3 is 2.32 bits per heavy atom. The number of hydrogen-bond donors (Lipinski definition) is 1. The van der Waals surface area contributed by atoms with E-state index < -0.39 is 0 Å². The highest BCUT2D eigenvalue weighted by molar-refractivity contribution is 9.10. The molecule has 0 radical (unpaired) electrons. The van der Waals surface area contributed by atoms with Gasteiger partial charge in [-0.05, 0) is 62.6 Å². The van der Waals surface area contributed by atoms with E-state index in [0.717, 1.165) is 69.8 Å². The fourth-order valence-electron chi connectivity index (χ4n) is 4.72. The largest absolute Gasteiger partial charge is 0.370 e. The Hall–Kier alpha value is -3.33. The van der Waals surface area contributed by atoms with Gasteiger partial charge in [0.1, 0.15) is 0 Å². The number of anilines is 1. The molecule has 176 valence electrons. The zero-order valence-electron chi connectivity index (χ0n) is 19.7. The van der Waals surface area contributed by atoms with Crippen molar-refractivity contribution in [2.24, 2.45) is 19.1 Å². The lowest BCUT2D eigenvalue weighted by atomic mass is 10.2. The fourth-order valence-corrected chi connectivity index (χ4v) is 5.20. The molecule has 1 N–H and O–H groups in total. The van der Waals surface area contributed by atoms with E-state index in [2.05, 4.69) is 25.9 Å². The molecule has 4 aromatic rings. The minimum Gasteiger partial charge on any atom is -0.370 e. The molecular formula is C25H27BrN6O2. The second-order valence-corrected chi connectivity index (χ2v) is 9.82. The summed E-state index contributed by atoms with van der Waals surface area (Å²) in [7, 11) is 3.56. The van der Waals surface area contributed by atoms with E-state index in [1.807, 2.05) is 44.2 Å². The SMILES string of the molecule is Cc1cc(Br)ccc1-n1[nH]c(C)c(C=Nc2cc3c(cc2N2CCCC2)n(C)c(=O)n3C)c1=O. The van der Waals surface area contributed by atoms with Crippen LogP contribution in [-0.2, 0) is 14.1 Å². The Morgan fingerprint density at radius 1 is 0.971 bits per heavy atom. The molecule has 0 aliphatic carbocycles. The van der Waals surface area contributed by atoms with Crippen LogP contribution in [0.1, 0.15) is 29.7 Å². The molecule has 1 saturated heterocycles. The van der Waals surface area contributed by atoms with Crippen LogP contribution in [-0.4, -0.2) is 38.2 Å². The van der Waals surface area contributed by atoms with Crippen molar-refractivity contribution >= 4 is 44.6 Å². The Morgan fingerprint density at radius 2 is 1.65 bits per heavy atom. The molecule has 0 unspecified atom stereocenters. The number of aliphatic imine (C=N–C) groups is 1. The van der Waals surface area contributed by atoms with Crippen LogP contribution in [0.25, 0.3) is 16.7 Å². The van der Waals surface area contributed by atoms with E-state index in [9.17, 15) is 9.59 Å². The summed E-state index contributed by atoms with van der Waals surface area (Å²) in [6, 6.07) is 9.79. The first kappa shape index (κ1) is 22.5. The average Bonchev–Trinajstić information content (AvgIpc) is 3.49. The van der Waals surface area contributed by atoms with Crippen LogP contribution in [0, 0.1) is 13.8 Å². The maximum Gasteiger partial charge on any atom is 0.328 e. The molecule has 3 heterocycles. The normalized spacial score (nSPS) is 14.2. The maximum absolute atomic E-state index is 13.3. The summed E-state index contributed by atoms with van der Waals surface area (Å²) in [6.45, 7) is 5.75. The van der Waals surface area contributed by atoms with Gasteiger partial charge < -0.3 is 4.90 Å². The molecule has 1 fully saturated rings. The Balaban J connectivity index is 1.62. The van der Waals surface area contributed by atoms with Crippen molar-refractivity contribution in [3.63, 3.8) is 0 Å². The third kappa shape index (κ3) is 3.64. The van der Waals surface area contributed by atoms with Crippen molar-refractivity contribution in [2.45, 2.75) is 26.7 Å². The maximum atomic E-state index is 13.3. The molecule has 0 saturated carbocycles. The average molecular weight is 523 g/mol. The van der Waals surface area contributed by atoms with E-state index >= 15 is 0 Å². The first-order valence-electron chi connectivity index (χ1n) is 11.3. The van der Waals surface area contributed by atoms with Crippen LogP contribution in [0.5, 0.6) is 0 Å². The first-order valence-corrected chi connectivity index (χ1v) is 12.1. The number of H-pyrrole nitrogens is 1. The van der Waals surface area contributed by atoms with Crippen LogP contribution in [0.4, 0.5) is 11.4 Å². The molecule has 0 atom stereocenters. The zero-order chi connectivity index (χ0) is 24.1. The highest BCUT2D eigenvalue weighted by Gasteiger charge is 2.20. The smallest absolute Gasteiger partial charge is 0.328 e. The molecule has 1 aliphatic heterocycles. The highest BCUT2D eigenvalue weighted by Crippen LogP contribution is 2.35. The lowest BCUT2D eigenvalue weighted by Crippen LogP contribution is -2.19. The van der Waals surface area contributed by atoms with Crippen LogP contribution in [0.3, 0.4) is 0 Å². The predicted molar refractivity (Wildman–Crippen MR) is 140 cm³/mol. The van der Waals surface area contributed by atoms with Crippen LogP contribution in [0.2, 0.25) is 0 Å². The number of halogens is 1. The second kappa shape index (κ2) is 8.47. The van der Waals surface area contributed by atoms with Gasteiger partial charge in [0.15, 0.2) is 0 Å². The van der Waals surface area contributed by atoms with Gasteiger partial charge in [-0.1, -0.05) is 15.9 Å². The van der Waals surface area contributed by atoms with E-state index in [0.29, 0.717) is 5.56 Å². The molecule has 34 heavy (non-hydrogen) atoms. The zero-order valence-corrected chi connectivity index (χ0v) is 21.3. The number of benzene rings is 2. The lowest BCUT2D eigenvalue weighted by molar-refractivity contribution is 0.795. The van der Waals surface area contributed by atoms with Gasteiger partial charge in [0.25, 0.3) is 5.56 Å². The number of nitrogens with zero attached hydrogens (tertiary/aromatic N) is 5. The third-order valence-corrected chi connectivity index (χ3v) is 7.16. The fraction of sp³-hybridized carbons (Fsp3) is 0.320. The number of rotatable bonds is 4. The molecule has 8 nitrogen and oxygen atoms in total. The number of hydrogen-bond acceptors (Lipinski definition) is 4. The van der Waals surface area contributed by atoms with Crippen molar-refractivity contribution < 1.29 is 0 Å².